The number of anilines is 1. The van der Waals surface area contributed by atoms with E-state index < -0.39 is 0 Å². The van der Waals surface area contributed by atoms with Crippen molar-refractivity contribution in [2.24, 2.45) is 5.92 Å². The summed E-state index contributed by atoms with van der Waals surface area (Å²) in [4.78, 5) is 0. The maximum absolute atomic E-state index is 13.1. The normalized spacial score (nSPS) is 24.6. The molecule has 0 aliphatic heterocycles. The molecule has 17 heavy (non-hydrogen) atoms. The summed E-state index contributed by atoms with van der Waals surface area (Å²) in [5.74, 6) is 0.915. The van der Waals surface area contributed by atoms with Gasteiger partial charge < -0.3 is 10.5 Å². The average Bonchev–Trinajstić information content (AvgIpc) is 2.23. The number of ether oxygens (including phenoxy) is 1. The molecule has 1 aliphatic rings. The van der Waals surface area contributed by atoms with Crippen LogP contribution >= 0.6 is 15.9 Å². The van der Waals surface area contributed by atoms with E-state index in [4.69, 9.17) is 10.5 Å². The minimum Gasteiger partial charge on any atom is -0.487 e. The van der Waals surface area contributed by atoms with Crippen molar-refractivity contribution in [1.82, 2.24) is 0 Å². The maximum atomic E-state index is 13.1. The Hall–Kier alpha value is -0.770. The third-order valence-electron chi connectivity index (χ3n) is 3.21. The lowest BCUT2D eigenvalue weighted by atomic mass is 9.89. The summed E-state index contributed by atoms with van der Waals surface area (Å²) in [6.07, 6.45) is 4.74. The smallest absolute Gasteiger partial charge is 0.156 e. The molecule has 0 radical (unpaired) electrons. The first-order valence-electron chi connectivity index (χ1n) is 5.97. The molecule has 2 nitrogen and oxygen atoms in total. The molecule has 0 amide bonds. The first kappa shape index (κ1) is 12.7. The van der Waals surface area contributed by atoms with E-state index in [2.05, 4.69) is 22.9 Å². The van der Waals surface area contributed by atoms with Crippen molar-refractivity contribution < 1.29 is 9.13 Å². The van der Waals surface area contributed by atoms with Crippen LogP contribution in [0.5, 0.6) is 5.75 Å². The van der Waals surface area contributed by atoms with E-state index in [1.807, 2.05) is 0 Å². The molecule has 2 rings (SSSR count). The Morgan fingerprint density at radius 1 is 1.41 bits per heavy atom. The molecule has 1 saturated carbocycles. The van der Waals surface area contributed by atoms with Crippen LogP contribution in [-0.2, 0) is 0 Å². The van der Waals surface area contributed by atoms with Crippen LogP contribution in [0, 0.1) is 11.7 Å². The van der Waals surface area contributed by atoms with Crippen LogP contribution in [0.3, 0.4) is 0 Å². The Morgan fingerprint density at radius 2 is 2.18 bits per heavy atom. The molecule has 0 saturated heterocycles. The molecule has 2 N–H and O–H groups in total. The van der Waals surface area contributed by atoms with Gasteiger partial charge in [0.05, 0.1) is 16.3 Å². The first-order valence-corrected chi connectivity index (χ1v) is 6.76. The fourth-order valence-electron chi connectivity index (χ4n) is 2.36. The van der Waals surface area contributed by atoms with Gasteiger partial charge in [-0.05, 0) is 47.2 Å². The Labute approximate surface area is 109 Å². The van der Waals surface area contributed by atoms with E-state index in [1.165, 1.54) is 25.0 Å². The van der Waals surface area contributed by atoms with Gasteiger partial charge in [-0.1, -0.05) is 13.3 Å². The summed E-state index contributed by atoms with van der Waals surface area (Å²) in [7, 11) is 0. The lowest BCUT2D eigenvalue weighted by Crippen LogP contribution is -2.24. The Bertz CT molecular complexity index is 387. The highest BCUT2D eigenvalue weighted by Crippen LogP contribution is 2.36. The molecular weight excluding hydrogens is 285 g/mol. The molecule has 1 aromatic carbocycles. The number of nitrogen functional groups attached to an aromatic ring is 1. The van der Waals surface area contributed by atoms with Gasteiger partial charge in [0.25, 0.3) is 0 Å². The first-order chi connectivity index (χ1) is 8.06. The highest BCUT2D eigenvalue weighted by Gasteiger charge is 2.22. The van der Waals surface area contributed by atoms with Crippen LogP contribution in [0.25, 0.3) is 0 Å². The molecule has 94 valence electrons. The molecule has 1 fully saturated rings. The van der Waals surface area contributed by atoms with Crippen molar-refractivity contribution >= 4 is 21.6 Å². The minimum atomic E-state index is -0.348. The molecule has 0 heterocycles. The Balaban J connectivity index is 2.12. The van der Waals surface area contributed by atoms with E-state index >= 15 is 0 Å². The molecule has 2 unspecified atom stereocenters. The molecule has 0 bridgehead atoms. The van der Waals surface area contributed by atoms with Crippen molar-refractivity contribution in [3.05, 3.63) is 22.4 Å². The van der Waals surface area contributed by atoms with Crippen LogP contribution < -0.4 is 10.5 Å². The molecule has 4 heteroatoms. The zero-order chi connectivity index (χ0) is 12.4. The van der Waals surface area contributed by atoms with E-state index in [0.717, 1.165) is 12.8 Å². The molecular formula is C13H17BrFNO. The van der Waals surface area contributed by atoms with Gasteiger partial charge in [0.2, 0.25) is 0 Å². The second-order valence-electron chi connectivity index (χ2n) is 4.82. The number of rotatable bonds is 2. The van der Waals surface area contributed by atoms with Gasteiger partial charge in [-0.15, -0.1) is 0 Å². The third kappa shape index (κ3) is 3.12. The fourth-order valence-corrected chi connectivity index (χ4v) is 2.90. The highest BCUT2D eigenvalue weighted by molar-refractivity contribution is 9.10. The van der Waals surface area contributed by atoms with Gasteiger partial charge in [0, 0.05) is 6.07 Å². The lowest BCUT2D eigenvalue weighted by Gasteiger charge is -2.28. The average molecular weight is 302 g/mol. The second kappa shape index (κ2) is 5.25. The third-order valence-corrected chi connectivity index (χ3v) is 3.80. The number of hydrogen-bond acceptors (Lipinski definition) is 2. The van der Waals surface area contributed by atoms with Gasteiger partial charge >= 0.3 is 0 Å². The number of hydrogen-bond donors (Lipinski definition) is 1. The van der Waals surface area contributed by atoms with Crippen LogP contribution in [0.1, 0.15) is 32.6 Å². The molecule has 2 atom stereocenters. The maximum Gasteiger partial charge on any atom is 0.156 e. The summed E-state index contributed by atoms with van der Waals surface area (Å²) < 4.78 is 19.6. The van der Waals surface area contributed by atoms with Crippen LogP contribution in [0.15, 0.2) is 16.6 Å². The summed E-state index contributed by atoms with van der Waals surface area (Å²) in [6, 6.07) is 2.68. The predicted molar refractivity (Wildman–Crippen MR) is 70.6 cm³/mol. The van der Waals surface area contributed by atoms with Gasteiger partial charge in [-0.3, -0.25) is 0 Å². The van der Waals surface area contributed by atoms with Gasteiger partial charge in [-0.25, -0.2) is 4.39 Å². The van der Waals surface area contributed by atoms with E-state index in [9.17, 15) is 4.39 Å². The monoisotopic (exact) mass is 301 g/mol. The number of nitrogens with two attached hydrogens (primary N) is 1. The van der Waals surface area contributed by atoms with Gasteiger partial charge in [-0.2, -0.15) is 0 Å². The van der Waals surface area contributed by atoms with Crippen molar-refractivity contribution in [1.29, 1.82) is 0 Å². The number of halogens is 2. The van der Waals surface area contributed by atoms with Crippen molar-refractivity contribution in [2.45, 2.75) is 38.7 Å². The lowest BCUT2D eigenvalue weighted by molar-refractivity contribution is 0.129. The topological polar surface area (TPSA) is 35.2 Å². The minimum absolute atomic E-state index is 0.197. The van der Waals surface area contributed by atoms with Gasteiger partial charge in [0.1, 0.15) is 5.82 Å². The Morgan fingerprint density at radius 3 is 2.82 bits per heavy atom. The van der Waals surface area contributed by atoms with E-state index in [-0.39, 0.29) is 11.9 Å². The number of benzene rings is 1. The van der Waals surface area contributed by atoms with E-state index in [0.29, 0.717) is 21.8 Å². The standard InChI is InChI=1S/C13H17BrFNO/c1-8-3-2-4-10(5-8)17-13-11(14)6-9(15)7-12(13)16/h6-8,10H,2-5,16H2,1H3. The molecule has 0 aromatic heterocycles. The van der Waals surface area contributed by atoms with Crippen molar-refractivity contribution in [3.63, 3.8) is 0 Å². The second-order valence-corrected chi connectivity index (χ2v) is 5.67. The molecule has 1 aromatic rings. The summed E-state index contributed by atoms with van der Waals surface area (Å²) in [5.41, 5.74) is 6.14. The largest absolute Gasteiger partial charge is 0.487 e. The van der Waals surface area contributed by atoms with Crippen LogP contribution in [-0.4, -0.2) is 6.10 Å². The Kier molecular flexibility index (Phi) is 3.92. The summed E-state index contributed by atoms with van der Waals surface area (Å²) in [6.45, 7) is 2.23. The van der Waals surface area contributed by atoms with Crippen LogP contribution in [0.2, 0.25) is 0 Å². The van der Waals surface area contributed by atoms with Gasteiger partial charge in [0.15, 0.2) is 5.75 Å². The van der Waals surface area contributed by atoms with Crippen molar-refractivity contribution in [3.8, 4) is 5.75 Å². The van der Waals surface area contributed by atoms with E-state index in [1.54, 1.807) is 0 Å². The highest BCUT2D eigenvalue weighted by atomic mass is 79.9. The molecule has 0 spiro atoms. The fraction of sp³-hybridized carbons (Fsp3) is 0.538. The summed E-state index contributed by atoms with van der Waals surface area (Å²) >= 11 is 3.29. The summed E-state index contributed by atoms with van der Waals surface area (Å²) in [5, 5.41) is 0. The zero-order valence-electron chi connectivity index (χ0n) is 9.88. The quantitative estimate of drug-likeness (QED) is 0.834. The predicted octanol–water partition coefficient (Wildman–Crippen LogP) is 4.13. The van der Waals surface area contributed by atoms with Crippen molar-refractivity contribution in [2.75, 3.05) is 5.73 Å². The SMILES string of the molecule is CC1CCCC(Oc2c(N)cc(F)cc2Br)C1. The zero-order valence-corrected chi connectivity index (χ0v) is 11.5. The molecule has 1 aliphatic carbocycles. The van der Waals surface area contributed by atoms with Crippen LogP contribution in [0.4, 0.5) is 10.1 Å².